The van der Waals surface area contributed by atoms with Crippen LogP contribution in [0.4, 0.5) is 0 Å². The number of H-pyrrole nitrogens is 1. The van der Waals surface area contributed by atoms with Crippen LogP contribution in [0.25, 0.3) is 0 Å². The zero-order chi connectivity index (χ0) is 17.4. The molecule has 3 heterocycles. The number of piperidine rings is 2. The molecule has 1 aliphatic carbocycles. The van der Waals surface area contributed by atoms with Crippen LogP contribution in [0.15, 0.2) is 4.79 Å². The van der Waals surface area contributed by atoms with Gasteiger partial charge in [-0.15, -0.1) is 0 Å². The van der Waals surface area contributed by atoms with Gasteiger partial charge in [-0.1, -0.05) is 13.3 Å². The quantitative estimate of drug-likeness (QED) is 0.873. The highest BCUT2D eigenvalue weighted by Crippen LogP contribution is 2.50. The average Bonchev–Trinajstić information content (AvgIpc) is 3.12. The van der Waals surface area contributed by atoms with E-state index in [4.69, 9.17) is 0 Å². The molecule has 0 radical (unpaired) electrons. The van der Waals surface area contributed by atoms with Crippen LogP contribution in [0.2, 0.25) is 0 Å². The number of rotatable bonds is 3. The van der Waals surface area contributed by atoms with Crippen molar-refractivity contribution in [3.05, 3.63) is 16.3 Å². The second-order valence-electron chi connectivity index (χ2n) is 8.90. The molecule has 6 nitrogen and oxygen atoms in total. The van der Waals surface area contributed by atoms with E-state index in [0.717, 1.165) is 24.7 Å². The van der Waals surface area contributed by atoms with Gasteiger partial charge in [-0.25, -0.2) is 9.89 Å². The monoisotopic (exact) mass is 347 g/mol. The lowest BCUT2D eigenvalue weighted by Crippen LogP contribution is -2.46. The minimum Gasteiger partial charge on any atom is -0.317 e. The summed E-state index contributed by atoms with van der Waals surface area (Å²) in [6.45, 7) is 8.22. The van der Waals surface area contributed by atoms with E-state index in [-0.39, 0.29) is 5.69 Å². The second-order valence-corrected chi connectivity index (χ2v) is 8.90. The Bertz CT molecular complexity index is 644. The molecular weight excluding hydrogens is 314 g/mol. The third kappa shape index (κ3) is 3.31. The molecule has 1 unspecified atom stereocenters. The summed E-state index contributed by atoms with van der Waals surface area (Å²) in [7, 11) is 1.84. The lowest BCUT2D eigenvalue weighted by Gasteiger charge is -2.44. The molecule has 1 aromatic rings. The number of nitrogens with one attached hydrogen (secondary N) is 2. The highest BCUT2D eigenvalue weighted by atomic mass is 16.1. The van der Waals surface area contributed by atoms with Crippen LogP contribution in [0.1, 0.15) is 57.2 Å². The van der Waals surface area contributed by atoms with Crippen LogP contribution < -0.4 is 11.0 Å². The van der Waals surface area contributed by atoms with Gasteiger partial charge < -0.3 is 10.2 Å². The van der Waals surface area contributed by atoms with Crippen LogP contribution in [-0.4, -0.2) is 52.4 Å². The van der Waals surface area contributed by atoms with Gasteiger partial charge in [-0.3, -0.25) is 4.57 Å². The zero-order valence-corrected chi connectivity index (χ0v) is 15.8. The molecule has 25 heavy (non-hydrogen) atoms. The minimum atomic E-state index is -0.0933. The Labute approximate surface area is 150 Å². The Morgan fingerprint density at radius 1 is 1.24 bits per heavy atom. The molecular formula is C19H33N5O. The standard InChI is InChI=1S/C19H33N5O/c1-14-10-15(17-21-22-18(25)23(17)2)12-24(11-14)13-16-4-3-5-19(16)6-8-20-9-7-19/h14-16,20H,3-13H2,1-2H3,(H,22,25)/t14-,15-,16?/m1/s1. The Balaban J connectivity index is 1.46. The van der Waals surface area contributed by atoms with Crippen LogP contribution in [0.5, 0.6) is 0 Å². The summed E-state index contributed by atoms with van der Waals surface area (Å²) in [4.78, 5) is 14.4. The van der Waals surface area contributed by atoms with E-state index in [0.29, 0.717) is 17.3 Å². The Hall–Kier alpha value is -1.14. The Morgan fingerprint density at radius 2 is 2.04 bits per heavy atom. The normalized spacial score (nSPS) is 33.1. The first kappa shape index (κ1) is 17.3. The number of aromatic amines is 1. The van der Waals surface area contributed by atoms with Gasteiger partial charge in [0.25, 0.3) is 0 Å². The van der Waals surface area contributed by atoms with E-state index >= 15 is 0 Å². The third-order valence-electron chi connectivity index (χ3n) is 7.19. The number of hydrogen-bond donors (Lipinski definition) is 2. The van der Waals surface area contributed by atoms with Crippen molar-refractivity contribution in [1.82, 2.24) is 25.0 Å². The lowest BCUT2D eigenvalue weighted by molar-refractivity contribution is 0.0715. The van der Waals surface area contributed by atoms with Crippen molar-refractivity contribution in [3.63, 3.8) is 0 Å². The molecule has 1 spiro atoms. The first-order valence-corrected chi connectivity index (χ1v) is 10.1. The predicted octanol–water partition coefficient (Wildman–Crippen LogP) is 1.70. The molecule has 0 aromatic carbocycles. The molecule has 3 atom stereocenters. The van der Waals surface area contributed by atoms with Crippen molar-refractivity contribution in [3.8, 4) is 0 Å². The van der Waals surface area contributed by atoms with E-state index in [1.54, 1.807) is 4.57 Å². The van der Waals surface area contributed by atoms with Crippen LogP contribution in [-0.2, 0) is 7.05 Å². The summed E-state index contributed by atoms with van der Waals surface area (Å²) < 4.78 is 1.70. The van der Waals surface area contributed by atoms with Gasteiger partial charge in [0.1, 0.15) is 5.82 Å². The van der Waals surface area contributed by atoms with Crippen molar-refractivity contribution in [2.24, 2.45) is 24.3 Å². The number of nitrogens with zero attached hydrogens (tertiary/aromatic N) is 3. The van der Waals surface area contributed by atoms with Gasteiger partial charge in [0.05, 0.1) is 0 Å². The molecule has 1 aromatic heterocycles. The van der Waals surface area contributed by atoms with Crippen LogP contribution in [0.3, 0.4) is 0 Å². The van der Waals surface area contributed by atoms with Crippen molar-refractivity contribution in [1.29, 1.82) is 0 Å². The number of aromatic nitrogens is 3. The van der Waals surface area contributed by atoms with Gasteiger partial charge >= 0.3 is 5.69 Å². The van der Waals surface area contributed by atoms with Crippen molar-refractivity contribution in [2.75, 3.05) is 32.7 Å². The summed E-state index contributed by atoms with van der Waals surface area (Å²) in [5.74, 6) is 2.82. The third-order valence-corrected chi connectivity index (χ3v) is 7.19. The Morgan fingerprint density at radius 3 is 2.76 bits per heavy atom. The molecule has 2 aliphatic heterocycles. The summed E-state index contributed by atoms with van der Waals surface area (Å²) in [6.07, 6.45) is 8.09. The highest BCUT2D eigenvalue weighted by molar-refractivity contribution is 5.02. The molecule has 0 amide bonds. The van der Waals surface area contributed by atoms with E-state index < -0.39 is 0 Å². The fourth-order valence-corrected chi connectivity index (χ4v) is 5.91. The largest absolute Gasteiger partial charge is 0.343 e. The second kappa shape index (κ2) is 6.88. The molecule has 2 saturated heterocycles. The van der Waals surface area contributed by atoms with Gasteiger partial charge in [-0.2, -0.15) is 5.10 Å². The summed E-state index contributed by atoms with van der Waals surface area (Å²) in [6, 6.07) is 0. The Kier molecular flexibility index (Phi) is 4.75. The topological polar surface area (TPSA) is 66.0 Å². The smallest absolute Gasteiger partial charge is 0.317 e. The molecule has 6 heteroatoms. The van der Waals surface area contributed by atoms with Crippen molar-refractivity contribution < 1.29 is 0 Å². The lowest BCUT2D eigenvalue weighted by atomic mass is 9.70. The molecule has 3 aliphatic rings. The van der Waals surface area contributed by atoms with Crippen LogP contribution >= 0.6 is 0 Å². The first-order valence-electron chi connectivity index (χ1n) is 10.1. The van der Waals surface area contributed by atoms with Crippen molar-refractivity contribution >= 4 is 0 Å². The van der Waals surface area contributed by atoms with Gasteiger partial charge in [-0.05, 0) is 62.4 Å². The maximum atomic E-state index is 11.8. The van der Waals surface area contributed by atoms with E-state index in [2.05, 4.69) is 27.3 Å². The predicted molar refractivity (Wildman–Crippen MR) is 98.7 cm³/mol. The SMILES string of the molecule is C[C@@H]1C[C@@H](c2n[nH]c(=O)n2C)CN(CC2CCCC23CCNCC3)C1. The maximum absolute atomic E-state index is 11.8. The van der Waals surface area contributed by atoms with E-state index in [9.17, 15) is 4.79 Å². The number of hydrogen-bond acceptors (Lipinski definition) is 4. The molecule has 140 valence electrons. The summed E-state index contributed by atoms with van der Waals surface area (Å²) in [5.41, 5.74) is 0.505. The number of likely N-dealkylation sites (tertiary alicyclic amines) is 1. The molecule has 0 bridgehead atoms. The van der Waals surface area contributed by atoms with E-state index in [1.807, 2.05) is 7.05 Å². The van der Waals surface area contributed by atoms with Crippen LogP contribution in [0, 0.1) is 17.3 Å². The van der Waals surface area contributed by atoms with Crippen molar-refractivity contribution in [2.45, 2.75) is 51.4 Å². The average molecular weight is 348 g/mol. The minimum absolute atomic E-state index is 0.0933. The molecule has 2 N–H and O–H groups in total. The molecule has 1 saturated carbocycles. The van der Waals surface area contributed by atoms with Gasteiger partial charge in [0.15, 0.2) is 0 Å². The fraction of sp³-hybridized carbons (Fsp3) is 0.895. The summed E-state index contributed by atoms with van der Waals surface area (Å²) in [5, 5.41) is 10.5. The summed E-state index contributed by atoms with van der Waals surface area (Å²) >= 11 is 0. The first-order chi connectivity index (χ1) is 12.1. The fourth-order valence-electron chi connectivity index (χ4n) is 5.91. The zero-order valence-electron chi connectivity index (χ0n) is 15.8. The van der Waals surface area contributed by atoms with E-state index in [1.165, 1.54) is 58.3 Å². The molecule has 4 rings (SSSR count). The van der Waals surface area contributed by atoms with Gasteiger partial charge in [0.2, 0.25) is 0 Å². The van der Waals surface area contributed by atoms with Gasteiger partial charge in [0, 0.05) is 32.6 Å². The highest BCUT2D eigenvalue weighted by Gasteiger charge is 2.44. The maximum Gasteiger partial charge on any atom is 0.343 e. The molecule has 3 fully saturated rings.